The second-order valence-electron chi connectivity index (χ2n) is 3.26. The van der Waals surface area contributed by atoms with Crippen LogP contribution in [0, 0.1) is 0 Å². The molecule has 0 aromatic heterocycles. The molecule has 1 aliphatic rings. The molecule has 0 spiro atoms. The molecule has 76 valence electrons. The van der Waals surface area contributed by atoms with Crippen molar-refractivity contribution >= 4 is 5.97 Å². The highest BCUT2D eigenvalue weighted by atomic mass is 16.5. The van der Waals surface area contributed by atoms with E-state index in [2.05, 4.69) is 5.32 Å². The lowest BCUT2D eigenvalue weighted by molar-refractivity contribution is -0.150. The molecule has 0 bridgehead atoms. The number of likely N-dealkylation sites (N-methyl/N-ethyl adjacent to an activating group) is 1. The predicted molar refractivity (Wildman–Crippen MR) is 48.5 cm³/mol. The summed E-state index contributed by atoms with van der Waals surface area (Å²) in [6.45, 7) is 5.22. The molecule has 1 rings (SSSR count). The van der Waals surface area contributed by atoms with Gasteiger partial charge in [-0.2, -0.15) is 0 Å². The van der Waals surface area contributed by atoms with Gasteiger partial charge in [-0.3, -0.25) is 5.32 Å². The molecule has 2 unspecified atom stereocenters. The van der Waals surface area contributed by atoms with Crippen molar-refractivity contribution in [3.63, 3.8) is 0 Å². The Hall–Kier alpha value is -0.610. The van der Waals surface area contributed by atoms with E-state index in [1.807, 2.05) is 13.8 Å². The fourth-order valence-electron chi connectivity index (χ4n) is 1.81. The van der Waals surface area contributed by atoms with Crippen LogP contribution in [0.5, 0.6) is 0 Å². The second-order valence-corrected chi connectivity index (χ2v) is 3.26. The fraction of sp³-hybridized carbons (Fsp3) is 0.889. The normalized spacial score (nSPS) is 33.3. The van der Waals surface area contributed by atoms with Crippen molar-refractivity contribution in [1.82, 2.24) is 5.32 Å². The fourth-order valence-corrected chi connectivity index (χ4v) is 1.81. The molecule has 0 aromatic carbocycles. The summed E-state index contributed by atoms with van der Waals surface area (Å²) >= 11 is 0. The van der Waals surface area contributed by atoms with Crippen LogP contribution < -0.4 is 5.32 Å². The Morgan fingerprint density at radius 3 is 2.85 bits per heavy atom. The summed E-state index contributed by atoms with van der Waals surface area (Å²) in [6.07, 6.45) is 0.578. The number of hydrogen-bond acceptors (Lipinski definition) is 4. The van der Waals surface area contributed by atoms with Gasteiger partial charge in [-0.15, -0.1) is 0 Å². The van der Waals surface area contributed by atoms with E-state index in [-0.39, 0.29) is 12.1 Å². The third-order valence-electron chi connectivity index (χ3n) is 2.60. The molecule has 0 aromatic rings. The summed E-state index contributed by atoms with van der Waals surface area (Å²) in [5.41, 5.74) is -0.622. The first kappa shape index (κ1) is 10.5. The Morgan fingerprint density at radius 2 is 2.46 bits per heavy atom. The lowest BCUT2D eigenvalue weighted by Crippen LogP contribution is -2.57. The first-order chi connectivity index (χ1) is 6.17. The summed E-state index contributed by atoms with van der Waals surface area (Å²) in [6, 6.07) is 0. The monoisotopic (exact) mass is 187 g/mol. The summed E-state index contributed by atoms with van der Waals surface area (Å²) in [4.78, 5) is 11.6. The van der Waals surface area contributed by atoms with Crippen LogP contribution in [0.25, 0.3) is 0 Å². The van der Waals surface area contributed by atoms with Gasteiger partial charge in [0.1, 0.15) is 5.54 Å². The summed E-state index contributed by atoms with van der Waals surface area (Å²) in [7, 11) is 1.41. The van der Waals surface area contributed by atoms with Gasteiger partial charge in [0.25, 0.3) is 0 Å². The first-order valence-corrected chi connectivity index (χ1v) is 4.62. The maximum atomic E-state index is 11.6. The highest BCUT2D eigenvalue weighted by molar-refractivity contribution is 5.82. The average molecular weight is 187 g/mol. The zero-order chi connectivity index (χ0) is 9.90. The molecule has 0 saturated carbocycles. The molecule has 4 heteroatoms. The van der Waals surface area contributed by atoms with Crippen molar-refractivity contribution in [2.24, 2.45) is 0 Å². The molecule has 2 atom stereocenters. The summed E-state index contributed by atoms with van der Waals surface area (Å²) < 4.78 is 10.2. The van der Waals surface area contributed by atoms with Crippen LogP contribution in [0.2, 0.25) is 0 Å². The molecule has 1 fully saturated rings. The van der Waals surface area contributed by atoms with Gasteiger partial charge in [-0.1, -0.05) is 6.92 Å². The van der Waals surface area contributed by atoms with E-state index in [1.54, 1.807) is 0 Å². The molecular formula is C9H17NO3. The van der Waals surface area contributed by atoms with Crippen molar-refractivity contribution in [3.05, 3.63) is 0 Å². The minimum atomic E-state index is -0.622. The van der Waals surface area contributed by atoms with Crippen LogP contribution in [0.3, 0.4) is 0 Å². The number of ether oxygens (including phenoxy) is 2. The topological polar surface area (TPSA) is 47.6 Å². The van der Waals surface area contributed by atoms with Crippen LogP contribution in [-0.2, 0) is 14.3 Å². The predicted octanol–water partition coefficient (Wildman–Crippen LogP) is 0.317. The number of hydrogen-bond donors (Lipinski definition) is 1. The van der Waals surface area contributed by atoms with Gasteiger partial charge >= 0.3 is 5.97 Å². The van der Waals surface area contributed by atoms with Gasteiger partial charge in [0.05, 0.1) is 13.2 Å². The van der Waals surface area contributed by atoms with E-state index < -0.39 is 5.54 Å². The minimum Gasteiger partial charge on any atom is -0.468 e. The number of methoxy groups -OCH3 is 1. The largest absolute Gasteiger partial charge is 0.468 e. The highest BCUT2D eigenvalue weighted by Crippen LogP contribution is 2.26. The van der Waals surface area contributed by atoms with Gasteiger partial charge in [0, 0.05) is 13.0 Å². The average Bonchev–Trinajstić information content (AvgIpc) is 2.48. The number of carbonyl (C=O) groups excluding carboxylic acids is 1. The molecule has 1 saturated heterocycles. The first-order valence-electron chi connectivity index (χ1n) is 4.62. The Morgan fingerprint density at radius 1 is 1.77 bits per heavy atom. The van der Waals surface area contributed by atoms with E-state index in [4.69, 9.17) is 9.47 Å². The quantitative estimate of drug-likeness (QED) is 0.646. The Balaban J connectivity index is 2.79. The maximum Gasteiger partial charge on any atom is 0.328 e. The van der Waals surface area contributed by atoms with Crippen LogP contribution >= 0.6 is 0 Å². The molecule has 0 amide bonds. The molecule has 0 aliphatic carbocycles. The van der Waals surface area contributed by atoms with Gasteiger partial charge in [0.2, 0.25) is 0 Å². The molecule has 13 heavy (non-hydrogen) atoms. The summed E-state index contributed by atoms with van der Waals surface area (Å²) in [5.74, 6) is -0.223. The molecule has 4 nitrogen and oxygen atoms in total. The minimum absolute atomic E-state index is 0.111. The van der Waals surface area contributed by atoms with Crippen molar-refractivity contribution in [2.45, 2.75) is 31.9 Å². The zero-order valence-corrected chi connectivity index (χ0v) is 8.42. The van der Waals surface area contributed by atoms with Crippen LogP contribution in [0.15, 0.2) is 0 Å². The Labute approximate surface area is 78.6 Å². The van der Waals surface area contributed by atoms with E-state index in [0.29, 0.717) is 13.0 Å². The van der Waals surface area contributed by atoms with Crippen molar-refractivity contribution < 1.29 is 14.3 Å². The third-order valence-corrected chi connectivity index (χ3v) is 2.60. The molecule has 1 N–H and O–H groups in total. The third kappa shape index (κ3) is 1.69. The molecule has 1 heterocycles. The van der Waals surface area contributed by atoms with E-state index in [0.717, 1.165) is 6.54 Å². The molecule has 0 radical (unpaired) electrons. The Kier molecular flexibility index (Phi) is 3.27. The van der Waals surface area contributed by atoms with Crippen LogP contribution in [0.4, 0.5) is 0 Å². The number of carbonyl (C=O) groups is 1. The van der Waals surface area contributed by atoms with Crippen LogP contribution in [0.1, 0.15) is 20.3 Å². The van der Waals surface area contributed by atoms with Crippen LogP contribution in [-0.4, -0.2) is 37.9 Å². The zero-order valence-electron chi connectivity index (χ0n) is 8.42. The van der Waals surface area contributed by atoms with E-state index in [9.17, 15) is 4.79 Å². The van der Waals surface area contributed by atoms with Gasteiger partial charge in [0.15, 0.2) is 0 Å². The SMILES string of the molecule is CCNC1(C(=O)OC)CCOC1C. The summed E-state index contributed by atoms with van der Waals surface area (Å²) in [5, 5.41) is 3.16. The van der Waals surface area contributed by atoms with E-state index >= 15 is 0 Å². The number of rotatable bonds is 3. The second kappa shape index (κ2) is 4.07. The molecule has 1 aliphatic heterocycles. The molecular weight excluding hydrogens is 170 g/mol. The van der Waals surface area contributed by atoms with Crippen molar-refractivity contribution in [1.29, 1.82) is 0 Å². The maximum absolute atomic E-state index is 11.6. The lowest BCUT2D eigenvalue weighted by atomic mass is 9.92. The lowest BCUT2D eigenvalue weighted by Gasteiger charge is -2.29. The van der Waals surface area contributed by atoms with Gasteiger partial charge in [-0.25, -0.2) is 4.79 Å². The van der Waals surface area contributed by atoms with Gasteiger partial charge in [-0.05, 0) is 13.5 Å². The van der Waals surface area contributed by atoms with Crippen molar-refractivity contribution in [3.8, 4) is 0 Å². The smallest absolute Gasteiger partial charge is 0.328 e. The number of nitrogens with one attached hydrogen (secondary N) is 1. The Bertz CT molecular complexity index is 195. The van der Waals surface area contributed by atoms with E-state index in [1.165, 1.54) is 7.11 Å². The number of esters is 1. The highest BCUT2D eigenvalue weighted by Gasteiger charge is 2.48. The van der Waals surface area contributed by atoms with Gasteiger partial charge < -0.3 is 9.47 Å². The standard InChI is InChI=1S/C9H17NO3/c1-4-10-9(8(11)12-3)5-6-13-7(9)2/h7,10H,4-6H2,1-3H3. The van der Waals surface area contributed by atoms with Crippen molar-refractivity contribution in [2.75, 3.05) is 20.3 Å².